The van der Waals surface area contributed by atoms with Crippen LogP contribution in [-0.2, 0) is 9.53 Å². The molecule has 0 fully saturated rings. The van der Waals surface area contributed by atoms with E-state index in [0.717, 1.165) is 5.56 Å². The lowest BCUT2D eigenvalue weighted by Gasteiger charge is -2.17. The molecule has 0 saturated carbocycles. The van der Waals surface area contributed by atoms with Crippen molar-refractivity contribution in [2.24, 2.45) is 0 Å². The van der Waals surface area contributed by atoms with Gasteiger partial charge in [-0.05, 0) is 39.3 Å². The second-order valence-corrected chi connectivity index (χ2v) is 4.78. The monoisotopic (exact) mass is 218 g/mol. The summed E-state index contributed by atoms with van der Waals surface area (Å²) < 4.78 is 5.16. The maximum Gasteiger partial charge on any atom is 0.331 e. The predicted octanol–water partition coefficient (Wildman–Crippen LogP) is 3.35. The topological polar surface area (TPSA) is 26.3 Å². The maximum atomic E-state index is 11.4. The van der Waals surface area contributed by atoms with Crippen LogP contribution in [0, 0.1) is 6.92 Å². The molecule has 0 aliphatic heterocycles. The third kappa shape index (κ3) is 4.78. The fourth-order valence-corrected chi connectivity index (χ4v) is 1.27. The summed E-state index contributed by atoms with van der Waals surface area (Å²) in [5, 5.41) is 0. The number of ether oxygens (including phenoxy) is 1. The Balaban J connectivity index is 2.64. The SMILES string of the molecule is Cc1cccc(C=CC(=O)OC(C)(C)C)c1. The number of esters is 1. The lowest BCUT2D eigenvalue weighted by atomic mass is 10.1. The highest BCUT2D eigenvalue weighted by Gasteiger charge is 2.13. The molecule has 2 heteroatoms. The molecule has 0 spiro atoms. The summed E-state index contributed by atoms with van der Waals surface area (Å²) >= 11 is 0. The first-order valence-electron chi connectivity index (χ1n) is 5.34. The minimum atomic E-state index is -0.436. The summed E-state index contributed by atoms with van der Waals surface area (Å²) in [6, 6.07) is 7.95. The van der Waals surface area contributed by atoms with Crippen LogP contribution in [0.5, 0.6) is 0 Å². The highest BCUT2D eigenvalue weighted by atomic mass is 16.6. The molecule has 0 heterocycles. The number of carbonyl (C=O) groups is 1. The van der Waals surface area contributed by atoms with Crippen LogP contribution >= 0.6 is 0 Å². The fraction of sp³-hybridized carbons (Fsp3) is 0.357. The van der Waals surface area contributed by atoms with E-state index in [2.05, 4.69) is 0 Å². The normalized spacial score (nSPS) is 11.8. The molecule has 1 aromatic carbocycles. The standard InChI is InChI=1S/C14H18O2/c1-11-6-5-7-12(10-11)8-9-13(15)16-14(2,3)4/h5-10H,1-4H3. The van der Waals surface area contributed by atoms with E-state index in [1.165, 1.54) is 11.6 Å². The molecule has 0 radical (unpaired) electrons. The molecule has 2 nitrogen and oxygen atoms in total. The summed E-state index contributed by atoms with van der Waals surface area (Å²) in [5.74, 6) is -0.311. The molecular formula is C14H18O2. The van der Waals surface area contributed by atoms with Crippen molar-refractivity contribution in [1.82, 2.24) is 0 Å². The van der Waals surface area contributed by atoms with Crippen molar-refractivity contribution in [2.45, 2.75) is 33.3 Å². The quantitative estimate of drug-likeness (QED) is 0.562. The van der Waals surface area contributed by atoms with Gasteiger partial charge in [0, 0.05) is 6.08 Å². The fourth-order valence-electron chi connectivity index (χ4n) is 1.27. The number of rotatable bonds is 2. The molecule has 1 rings (SSSR count). The van der Waals surface area contributed by atoms with Gasteiger partial charge in [-0.1, -0.05) is 29.8 Å². The van der Waals surface area contributed by atoms with E-state index in [0.29, 0.717) is 0 Å². The Bertz CT molecular complexity index is 397. The van der Waals surface area contributed by atoms with Gasteiger partial charge in [0.2, 0.25) is 0 Å². The molecule has 0 atom stereocenters. The van der Waals surface area contributed by atoms with Gasteiger partial charge in [-0.3, -0.25) is 0 Å². The van der Waals surface area contributed by atoms with Crippen molar-refractivity contribution in [3.05, 3.63) is 41.5 Å². The van der Waals surface area contributed by atoms with Crippen LogP contribution in [0.15, 0.2) is 30.3 Å². The number of aryl methyl sites for hydroxylation is 1. The van der Waals surface area contributed by atoms with Gasteiger partial charge < -0.3 is 4.74 Å². The van der Waals surface area contributed by atoms with Crippen molar-refractivity contribution in [1.29, 1.82) is 0 Å². The third-order valence-corrected chi connectivity index (χ3v) is 1.86. The van der Waals surface area contributed by atoms with Gasteiger partial charge >= 0.3 is 5.97 Å². The first-order valence-corrected chi connectivity index (χ1v) is 5.34. The summed E-state index contributed by atoms with van der Waals surface area (Å²) in [6.45, 7) is 7.58. The first kappa shape index (κ1) is 12.5. The van der Waals surface area contributed by atoms with Crippen LogP contribution in [0.4, 0.5) is 0 Å². The van der Waals surface area contributed by atoms with E-state index >= 15 is 0 Å². The van der Waals surface area contributed by atoms with E-state index in [4.69, 9.17) is 4.74 Å². The van der Waals surface area contributed by atoms with Gasteiger partial charge in [0.1, 0.15) is 5.60 Å². The Morgan fingerprint density at radius 3 is 2.56 bits per heavy atom. The molecule has 0 N–H and O–H groups in total. The third-order valence-electron chi connectivity index (χ3n) is 1.86. The zero-order valence-electron chi connectivity index (χ0n) is 10.3. The van der Waals surface area contributed by atoms with Crippen LogP contribution in [0.1, 0.15) is 31.9 Å². The summed E-state index contributed by atoms with van der Waals surface area (Å²) in [5.41, 5.74) is 1.74. The van der Waals surface area contributed by atoms with Gasteiger partial charge in [0.15, 0.2) is 0 Å². The van der Waals surface area contributed by atoms with Gasteiger partial charge in [0.25, 0.3) is 0 Å². The molecule has 0 bridgehead atoms. The van der Waals surface area contributed by atoms with Crippen molar-refractivity contribution >= 4 is 12.0 Å². The van der Waals surface area contributed by atoms with Crippen molar-refractivity contribution in [3.63, 3.8) is 0 Å². The van der Waals surface area contributed by atoms with Crippen LogP contribution in [-0.4, -0.2) is 11.6 Å². The number of benzene rings is 1. The number of carbonyl (C=O) groups excluding carboxylic acids is 1. The molecule has 0 aliphatic carbocycles. The number of hydrogen-bond donors (Lipinski definition) is 0. The molecule has 16 heavy (non-hydrogen) atoms. The molecule has 0 aromatic heterocycles. The zero-order valence-corrected chi connectivity index (χ0v) is 10.3. The van der Waals surface area contributed by atoms with Crippen LogP contribution < -0.4 is 0 Å². The Morgan fingerprint density at radius 1 is 1.31 bits per heavy atom. The minimum Gasteiger partial charge on any atom is -0.457 e. The molecule has 0 saturated heterocycles. The van der Waals surface area contributed by atoms with E-state index in [9.17, 15) is 4.79 Å². The van der Waals surface area contributed by atoms with Crippen LogP contribution in [0.25, 0.3) is 6.08 Å². The summed E-state index contributed by atoms with van der Waals surface area (Å²) in [6.07, 6.45) is 3.22. The minimum absolute atomic E-state index is 0.311. The van der Waals surface area contributed by atoms with Crippen LogP contribution in [0.2, 0.25) is 0 Å². The Hall–Kier alpha value is -1.57. The maximum absolute atomic E-state index is 11.4. The van der Waals surface area contributed by atoms with Crippen molar-refractivity contribution in [3.8, 4) is 0 Å². The Morgan fingerprint density at radius 2 is 2.00 bits per heavy atom. The summed E-state index contributed by atoms with van der Waals surface area (Å²) in [4.78, 5) is 11.4. The highest BCUT2D eigenvalue weighted by Crippen LogP contribution is 2.09. The zero-order chi connectivity index (χ0) is 12.2. The Labute approximate surface area is 96.9 Å². The van der Waals surface area contributed by atoms with E-state index in [-0.39, 0.29) is 5.97 Å². The van der Waals surface area contributed by atoms with Gasteiger partial charge in [0.05, 0.1) is 0 Å². The molecule has 0 aliphatic rings. The largest absolute Gasteiger partial charge is 0.457 e. The second kappa shape index (κ2) is 4.97. The molecule has 1 aromatic rings. The lowest BCUT2D eigenvalue weighted by molar-refractivity contribution is -0.148. The second-order valence-electron chi connectivity index (χ2n) is 4.78. The van der Waals surface area contributed by atoms with E-state index < -0.39 is 5.60 Å². The van der Waals surface area contributed by atoms with Gasteiger partial charge in [-0.15, -0.1) is 0 Å². The predicted molar refractivity (Wildman–Crippen MR) is 66.1 cm³/mol. The lowest BCUT2D eigenvalue weighted by Crippen LogP contribution is -2.22. The molecule has 0 unspecified atom stereocenters. The van der Waals surface area contributed by atoms with E-state index in [1.54, 1.807) is 6.08 Å². The van der Waals surface area contributed by atoms with Crippen molar-refractivity contribution < 1.29 is 9.53 Å². The Kier molecular flexibility index (Phi) is 3.88. The summed E-state index contributed by atoms with van der Waals surface area (Å²) in [7, 11) is 0. The molecule has 86 valence electrons. The van der Waals surface area contributed by atoms with E-state index in [1.807, 2.05) is 52.0 Å². The average Bonchev–Trinajstić information content (AvgIpc) is 2.12. The van der Waals surface area contributed by atoms with Crippen molar-refractivity contribution in [2.75, 3.05) is 0 Å². The molecular weight excluding hydrogens is 200 g/mol. The average molecular weight is 218 g/mol. The van der Waals surface area contributed by atoms with Gasteiger partial charge in [-0.25, -0.2) is 4.79 Å². The molecule has 0 amide bonds. The smallest absolute Gasteiger partial charge is 0.331 e. The van der Waals surface area contributed by atoms with Crippen LogP contribution in [0.3, 0.4) is 0 Å². The highest BCUT2D eigenvalue weighted by molar-refractivity contribution is 5.87. The van der Waals surface area contributed by atoms with Gasteiger partial charge in [-0.2, -0.15) is 0 Å². The number of hydrogen-bond acceptors (Lipinski definition) is 2. The first-order chi connectivity index (χ1) is 7.37.